The minimum atomic E-state index is -1.17. The summed E-state index contributed by atoms with van der Waals surface area (Å²) in [7, 11) is 0. The van der Waals surface area contributed by atoms with Crippen molar-refractivity contribution in [1.29, 1.82) is 5.26 Å². The molecule has 6 heteroatoms. The van der Waals surface area contributed by atoms with Gasteiger partial charge >= 0.3 is 5.97 Å². The van der Waals surface area contributed by atoms with Crippen LogP contribution in [0.1, 0.15) is 26.3 Å². The normalized spacial score (nSPS) is 9.71. The topological polar surface area (TPSA) is 90.2 Å². The lowest BCUT2D eigenvalue weighted by molar-refractivity contribution is 0.0696. The number of halogens is 1. The number of aromatic carboxylic acids is 1. The quantitative estimate of drug-likeness (QED) is 0.911. The van der Waals surface area contributed by atoms with Crippen LogP contribution in [0.4, 0.5) is 5.69 Å². The lowest BCUT2D eigenvalue weighted by Gasteiger charge is -2.07. The summed E-state index contributed by atoms with van der Waals surface area (Å²) in [5.74, 6) is -1.58. The number of carbonyl (C=O) groups excluding carboxylic acids is 1. The van der Waals surface area contributed by atoms with Gasteiger partial charge in [-0.15, -0.1) is 0 Å². The number of rotatable bonds is 3. The Morgan fingerprint density at radius 2 is 1.81 bits per heavy atom. The fourth-order valence-electron chi connectivity index (χ4n) is 1.67. The molecule has 0 saturated carbocycles. The molecule has 0 radical (unpaired) electrons. The minimum Gasteiger partial charge on any atom is -0.478 e. The largest absolute Gasteiger partial charge is 0.478 e. The van der Waals surface area contributed by atoms with E-state index in [1.807, 2.05) is 6.07 Å². The van der Waals surface area contributed by atoms with Crippen molar-refractivity contribution >= 4 is 29.2 Å². The molecule has 0 heterocycles. The number of carboxylic acids is 1. The SMILES string of the molecule is N#Cc1ccc(C(=O)Nc2ccc(Cl)c(C(=O)O)c2)cc1. The minimum absolute atomic E-state index is 0.0886. The van der Waals surface area contributed by atoms with Crippen molar-refractivity contribution in [2.45, 2.75) is 0 Å². The highest BCUT2D eigenvalue weighted by Crippen LogP contribution is 2.21. The molecule has 0 aliphatic carbocycles. The van der Waals surface area contributed by atoms with E-state index in [1.54, 1.807) is 0 Å². The number of nitriles is 1. The smallest absolute Gasteiger partial charge is 0.337 e. The number of amides is 1. The molecule has 0 aliphatic rings. The molecular formula is C15H9ClN2O3. The van der Waals surface area contributed by atoms with Crippen LogP contribution in [0, 0.1) is 11.3 Å². The molecule has 0 bridgehead atoms. The van der Waals surface area contributed by atoms with Gasteiger partial charge in [-0.25, -0.2) is 4.79 Å². The summed E-state index contributed by atoms with van der Waals surface area (Å²) in [4.78, 5) is 23.0. The van der Waals surface area contributed by atoms with E-state index in [0.717, 1.165) is 0 Å². The third-order valence-corrected chi connectivity index (χ3v) is 3.06. The monoisotopic (exact) mass is 300 g/mol. The Bertz CT molecular complexity index is 749. The molecule has 21 heavy (non-hydrogen) atoms. The van der Waals surface area contributed by atoms with Crippen molar-refractivity contribution < 1.29 is 14.7 Å². The van der Waals surface area contributed by atoms with E-state index in [-0.39, 0.29) is 10.6 Å². The van der Waals surface area contributed by atoms with Gasteiger partial charge in [0.1, 0.15) is 0 Å². The van der Waals surface area contributed by atoms with Crippen molar-refractivity contribution in [3.8, 4) is 6.07 Å². The molecule has 0 fully saturated rings. The van der Waals surface area contributed by atoms with Gasteiger partial charge in [-0.1, -0.05) is 11.6 Å². The van der Waals surface area contributed by atoms with Crippen LogP contribution in [0.2, 0.25) is 5.02 Å². The molecule has 0 aromatic heterocycles. The predicted octanol–water partition coefficient (Wildman–Crippen LogP) is 3.16. The molecule has 0 spiro atoms. The van der Waals surface area contributed by atoms with Gasteiger partial charge in [0.25, 0.3) is 5.91 Å². The number of hydrogen-bond donors (Lipinski definition) is 2. The van der Waals surface area contributed by atoms with Crippen molar-refractivity contribution in [2.24, 2.45) is 0 Å². The summed E-state index contributed by atoms with van der Waals surface area (Å²) < 4.78 is 0. The van der Waals surface area contributed by atoms with Crippen LogP contribution in [0.25, 0.3) is 0 Å². The summed E-state index contributed by atoms with van der Waals surface area (Å²) in [5.41, 5.74) is 1.05. The maximum absolute atomic E-state index is 12.0. The van der Waals surface area contributed by atoms with Crippen LogP contribution in [-0.2, 0) is 0 Å². The van der Waals surface area contributed by atoms with Crippen molar-refractivity contribution in [3.63, 3.8) is 0 Å². The van der Waals surface area contributed by atoms with Gasteiger partial charge in [-0.3, -0.25) is 4.79 Å². The van der Waals surface area contributed by atoms with Gasteiger partial charge in [-0.2, -0.15) is 5.26 Å². The molecule has 5 nitrogen and oxygen atoms in total. The van der Waals surface area contributed by atoms with Crippen LogP contribution < -0.4 is 5.32 Å². The zero-order chi connectivity index (χ0) is 15.4. The molecule has 2 aromatic carbocycles. The summed E-state index contributed by atoms with van der Waals surface area (Å²) in [6.45, 7) is 0. The third-order valence-electron chi connectivity index (χ3n) is 2.73. The Hall–Kier alpha value is -2.84. The Morgan fingerprint density at radius 3 is 2.38 bits per heavy atom. The van der Waals surface area contributed by atoms with Gasteiger partial charge in [-0.05, 0) is 42.5 Å². The average molecular weight is 301 g/mol. The van der Waals surface area contributed by atoms with Crippen LogP contribution in [0.3, 0.4) is 0 Å². The molecule has 2 rings (SSSR count). The van der Waals surface area contributed by atoms with Gasteiger partial charge in [0.05, 0.1) is 22.2 Å². The van der Waals surface area contributed by atoms with Crippen LogP contribution >= 0.6 is 11.6 Å². The van der Waals surface area contributed by atoms with Gasteiger partial charge < -0.3 is 10.4 Å². The first kappa shape index (κ1) is 14.6. The van der Waals surface area contributed by atoms with Crippen molar-refractivity contribution in [1.82, 2.24) is 0 Å². The number of hydrogen-bond acceptors (Lipinski definition) is 3. The predicted molar refractivity (Wildman–Crippen MR) is 77.5 cm³/mol. The first-order chi connectivity index (χ1) is 10.0. The summed E-state index contributed by atoms with van der Waals surface area (Å²) in [6, 6.07) is 12.2. The average Bonchev–Trinajstić information content (AvgIpc) is 2.49. The Kier molecular flexibility index (Phi) is 4.21. The highest BCUT2D eigenvalue weighted by Gasteiger charge is 2.11. The molecule has 2 aromatic rings. The van der Waals surface area contributed by atoms with Gasteiger partial charge in [0.2, 0.25) is 0 Å². The Balaban J connectivity index is 2.21. The van der Waals surface area contributed by atoms with Crippen molar-refractivity contribution in [3.05, 3.63) is 64.2 Å². The molecule has 0 saturated heterocycles. The fourth-order valence-corrected chi connectivity index (χ4v) is 1.86. The molecule has 1 amide bonds. The molecular weight excluding hydrogens is 292 g/mol. The summed E-state index contributed by atoms with van der Waals surface area (Å²) in [6.07, 6.45) is 0. The number of carbonyl (C=O) groups is 2. The second-order valence-corrected chi connectivity index (χ2v) is 4.55. The zero-order valence-electron chi connectivity index (χ0n) is 10.6. The number of nitrogens with zero attached hydrogens (tertiary/aromatic N) is 1. The van der Waals surface area contributed by atoms with E-state index in [0.29, 0.717) is 16.8 Å². The highest BCUT2D eigenvalue weighted by molar-refractivity contribution is 6.33. The first-order valence-corrected chi connectivity index (χ1v) is 6.23. The van der Waals surface area contributed by atoms with E-state index in [9.17, 15) is 9.59 Å². The van der Waals surface area contributed by atoms with E-state index < -0.39 is 11.9 Å². The van der Waals surface area contributed by atoms with E-state index >= 15 is 0 Å². The molecule has 0 unspecified atom stereocenters. The second kappa shape index (κ2) is 6.07. The molecule has 104 valence electrons. The van der Waals surface area contributed by atoms with Gasteiger partial charge in [0, 0.05) is 11.3 Å². The van der Waals surface area contributed by atoms with E-state index in [2.05, 4.69) is 5.32 Å². The first-order valence-electron chi connectivity index (χ1n) is 5.85. The second-order valence-electron chi connectivity index (χ2n) is 4.14. The van der Waals surface area contributed by atoms with Crippen LogP contribution in [-0.4, -0.2) is 17.0 Å². The van der Waals surface area contributed by atoms with Gasteiger partial charge in [0.15, 0.2) is 0 Å². The number of nitrogens with one attached hydrogen (secondary N) is 1. The Labute approximate surface area is 125 Å². The van der Waals surface area contributed by atoms with E-state index in [4.69, 9.17) is 22.0 Å². The molecule has 2 N–H and O–H groups in total. The van der Waals surface area contributed by atoms with Crippen molar-refractivity contribution in [2.75, 3.05) is 5.32 Å². The Morgan fingerprint density at radius 1 is 1.14 bits per heavy atom. The van der Waals surface area contributed by atoms with Crippen LogP contribution in [0.15, 0.2) is 42.5 Å². The standard InChI is InChI=1S/C15H9ClN2O3/c16-13-6-5-11(7-12(13)15(20)21)18-14(19)10-3-1-9(8-17)2-4-10/h1-7H,(H,18,19)(H,20,21). The lowest BCUT2D eigenvalue weighted by Crippen LogP contribution is -2.12. The number of benzene rings is 2. The highest BCUT2D eigenvalue weighted by atomic mass is 35.5. The fraction of sp³-hybridized carbons (Fsp3) is 0. The number of carboxylic acid groups (broad SMARTS) is 1. The summed E-state index contributed by atoms with van der Waals surface area (Å²) in [5, 5.41) is 20.3. The lowest BCUT2D eigenvalue weighted by atomic mass is 10.1. The number of anilines is 1. The molecule has 0 aliphatic heterocycles. The van der Waals surface area contributed by atoms with E-state index in [1.165, 1.54) is 42.5 Å². The zero-order valence-corrected chi connectivity index (χ0v) is 11.4. The maximum atomic E-state index is 12.0. The molecule has 0 atom stereocenters. The third kappa shape index (κ3) is 3.38. The maximum Gasteiger partial charge on any atom is 0.337 e. The van der Waals surface area contributed by atoms with Crippen LogP contribution in [0.5, 0.6) is 0 Å². The summed E-state index contributed by atoms with van der Waals surface area (Å²) >= 11 is 5.75.